The molecule has 0 aromatic heterocycles. The third-order valence-corrected chi connectivity index (χ3v) is 2.76. The Labute approximate surface area is 115 Å². The number of hydrogen-bond acceptors (Lipinski definition) is 2. The van der Waals surface area contributed by atoms with Gasteiger partial charge in [-0.05, 0) is 37.1 Å². The van der Waals surface area contributed by atoms with Crippen molar-refractivity contribution in [2.24, 2.45) is 0 Å². The van der Waals surface area contributed by atoms with Crippen molar-refractivity contribution >= 4 is 6.03 Å². The average molecular weight is 290 g/mol. The fraction of sp³-hybridized carbons (Fsp3) is 0.462. The molecular formula is C13H17F3N2O2. The van der Waals surface area contributed by atoms with Crippen molar-refractivity contribution < 1.29 is 23.1 Å². The van der Waals surface area contributed by atoms with Gasteiger partial charge in [-0.15, -0.1) is 0 Å². The maximum Gasteiger partial charge on any atom is 0.416 e. The zero-order valence-corrected chi connectivity index (χ0v) is 11.2. The lowest BCUT2D eigenvalue weighted by molar-refractivity contribution is -0.137. The Bertz CT molecular complexity index is 475. The molecule has 7 heteroatoms. The van der Waals surface area contributed by atoms with Crippen LogP contribution in [-0.4, -0.2) is 23.8 Å². The van der Waals surface area contributed by atoms with Crippen molar-refractivity contribution in [2.45, 2.75) is 32.6 Å². The minimum absolute atomic E-state index is 0.119. The molecule has 0 heterocycles. The third kappa shape index (κ3) is 4.73. The van der Waals surface area contributed by atoms with Crippen molar-refractivity contribution in [1.82, 2.24) is 10.6 Å². The van der Waals surface area contributed by atoms with Gasteiger partial charge in [0.1, 0.15) is 0 Å². The van der Waals surface area contributed by atoms with Gasteiger partial charge in [-0.3, -0.25) is 0 Å². The molecule has 0 aliphatic carbocycles. The minimum atomic E-state index is -4.37. The van der Waals surface area contributed by atoms with Crippen LogP contribution in [0.3, 0.4) is 0 Å². The molecule has 1 aromatic rings. The quantitative estimate of drug-likeness (QED) is 0.796. The number of aliphatic hydroxyl groups excluding tert-OH is 1. The van der Waals surface area contributed by atoms with Gasteiger partial charge in [-0.2, -0.15) is 13.2 Å². The van der Waals surface area contributed by atoms with Crippen LogP contribution < -0.4 is 10.6 Å². The fourth-order valence-corrected chi connectivity index (χ4v) is 1.57. The van der Waals surface area contributed by atoms with Crippen LogP contribution in [0.15, 0.2) is 18.2 Å². The molecule has 1 atom stereocenters. The number of benzene rings is 1. The normalized spacial score (nSPS) is 12.9. The van der Waals surface area contributed by atoms with Crippen molar-refractivity contribution in [2.75, 3.05) is 6.61 Å². The van der Waals surface area contributed by atoms with Gasteiger partial charge < -0.3 is 15.7 Å². The number of amides is 2. The lowest BCUT2D eigenvalue weighted by Crippen LogP contribution is -2.42. The first kappa shape index (κ1) is 16.3. The molecule has 1 rings (SSSR count). The van der Waals surface area contributed by atoms with Gasteiger partial charge in [0, 0.05) is 6.54 Å². The molecule has 112 valence electrons. The van der Waals surface area contributed by atoms with E-state index in [0.717, 1.165) is 12.1 Å². The molecular weight excluding hydrogens is 273 g/mol. The Balaban J connectivity index is 2.64. The summed E-state index contributed by atoms with van der Waals surface area (Å²) in [5.41, 5.74) is 0.345. The average Bonchev–Trinajstić information content (AvgIpc) is 2.35. The predicted molar refractivity (Wildman–Crippen MR) is 68.1 cm³/mol. The van der Waals surface area contributed by atoms with Crippen molar-refractivity contribution in [3.05, 3.63) is 34.9 Å². The molecule has 0 spiro atoms. The standard InChI is InChI=1S/C13H17F3N2O2/c1-8-5-11(13(14,15)16)4-3-10(8)6-17-12(20)18-9(2)7-19/h3-5,9,19H,6-7H2,1-2H3,(H2,17,18,20). The van der Waals surface area contributed by atoms with Crippen LogP contribution in [0.25, 0.3) is 0 Å². The molecule has 0 aliphatic rings. The maximum absolute atomic E-state index is 12.5. The van der Waals surface area contributed by atoms with Gasteiger partial charge in [0.2, 0.25) is 0 Å². The van der Waals surface area contributed by atoms with Crippen molar-refractivity contribution in [3.8, 4) is 0 Å². The predicted octanol–water partition coefficient (Wildman–Crippen LogP) is 2.19. The van der Waals surface area contributed by atoms with E-state index in [0.29, 0.717) is 11.1 Å². The van der Waals surface area contributed by atoms with Gasteiger partial charge in [0.05, 0.1) is 18.2 Å². The van der Waals surface area contributed by atoms with E-state index >= 15 is 0 Å². The van der Waals surface area contributed by atoms with Gasteiger partial charge in [-0.1, -0.05) is 6.07 Å². The Hall–Kier alpha value is -1.76. The summed E-state index contributed by atoms with van der Waals surface area (Å²) in [5, 5.41) is 13.8. The first-order valence-electron chi connectivity index (χ1n) is 6.06. The van der Waals surface area contributed by atoms with Crippen LogP contribution >= 0.6 is 0 Å². The second-order valence-corrected chi connectivity index (χ2v) is 4.55. The lowest BCUT2D eigenvalue weighted by Gasteiger charge is -2.14. The number of aryl methyl sites for hydroxylation is 1. The van der Waals surface area contributed by atoms with Crippen LogP contribution in [0.5, 0.6) is 0 Å². The zero-order chi connectivity index (χ0) is 15.3. The Kier molecular flexibility index (Phi) is 5.38. The number of carbonyl (C=O) groups is 1. The Morgan fingerprint density at radius 2 is 2.05 bits per heavy atom. The molecule has 20 heavy (non-hydrogen) atoms. The Morgan fingerprint density at radius 1 is 1.40 bits per heavy atom. The monoisotopic (exact) mass is 290 g/mol. The highest BCUT2D eigenvalue weighted by atomic mass is 19.4. The summed E-state index contributed by atoms with van der Waals surface area (Å²) < 4.78 is 37.5. The number of carbonyl (C=O) groups excluding carboxylic acids is 1. The second-order valence-electron chi connectivity index (χ2n) is 4.55. The van der Waals surface area contributed by atoms with E-state index in [1.807, 2.05) is 0 Å². The highest BCUT2D eigenvalue weighted by molar-refractivity contribution is 5.74. The number of aliphatic hydroxyl groups is 1. The topological polar surface area (TPSA) is 61.4 Å². The molecule has 0 saturated carbocycles. The highest BCUT2D eigenvalue weighted by Gasteiger charge is 2.30. The number of rotatable bonds is 4. The van der Waals surface area contributed by atoms with Gasteiger partial charge >= 0.3 is 12.2 Å². The molecule has 2 amide bonds. The van der Waals surface area contributed by atoms with E-state index in [2.05, 4.69) is 10.6 Å². The largest absolute Gasteiger partial charge is 0.416 e. The summed E-state index contributed by atoms with van der Waals surface area (Å²) in [6, 6.07) is 2.51. The first-order chi connectivity index (χ1) is 9.24. The van der Waals surface area contributed by atoms with Crippen LogP contribution in [0.4, 0.5) is 18.0 Å². The molecule has 0 radical (unpaired) electrons. The van der Waals surface area contributed by atoms with E-state index in [1.165, 1.54) is 6.07 Å². The van der Waals surface area contributed by atoms with Gasteiger partial charge in [0.15, 0.2) is 0 Å². The molecule has 0 aliphatic heterocycles. The fourth-order valence-electron chi connectivity index (χ4n) is 1.57. The SMILES string of the molecule is Cc1cc(C(F)(F)F)ccc1CNC(=O)NC(C)CO. The van der Waals surface area contributed by atoms with Crippen LogP contribution in [0.1, 0.15) is 23.6 Å². The third-order valence-electron chi connectivity index (χ3n) is 2.76. The Morgan fingerprint density at radius 3 is 2.55 bits per heavy atom. The highest BCUT2D eigenvalue weighted by Crippen LogP contribution is 2.30. The van der Waals surface area contributed by atoms with Crippen LogP contribution in [0, 0.1) is 6.92 Å². The van der Waals surface area contributed by atoms with Crippen molar-refractivity contribution in [3.63, 3.8) is 0 Å². The maximum atomic E-state index is 12.5. The zero-order valence-electron chi connectivity index (χ0n) is 11.2. The van der Waals surface area contributed by atoms with E-state index < -0.39 is 17.8 Å². The molecule has 1 aromatic carbocycles. The van der Waals surface area contributed by atoms with E-state index in [4.69, 9.17) is 5.11 Å². The summed E-state index contributed by atoms with van der Waals surface area (Å²) in [6.45, 7) is 3.12. The molecule has 0 fully saturated rings. The van der Waals surface area contributed by atoms with E-state index in [-0.39, 0.29) is 19.2 Å². The van der Waals surface area contributed by atoms with Crippen LogP contribution in [-0.2, 0) is 12.7 Å². The molecule has 3 N–H and O–H groups in total. The molecule has 1 unspecified atom stereocenters. The summed E-state index contributed by atoms with van der Waals surface area (Å²) in [6.07, 6.45) is -4.37. The first-order valence-corrected chi connectivity index (χ1v) is 6.06. The summed E-state index contributed by atoms with van der Waals surface area (Å²) in [7, 11) is 0. The smallest absolute Gasteiger partial charge is 0.394 e. The second kappa shape index (κ2) is 6.60. The number of nitrogens with one attached hydrogen (secondary N) is 2. The summed E-state index contributed by atoms with van der Waals surface area (Å²) in [5.74, 6) is 0. The number of urea groups is 1. The van der Waals surface area contributed by atoms with Gasteiger partial charge in [0.25, 0.3) is 0 Å². The molecule has 0 saturated heterocycles. The van der Waals surface area contributed by atoms with E-state index in [1.54, 1.807) is 13.8 Å². The lowest BCUT2D eigenvalue weighted by atomic mass is 10.0. The minimum Gasteiger partial charge on any atom is -0.394 e. The summed E-state index contributed by atoms with van der Waals surface area (Å²) in [4.78, 5) is 11.4. The van der Waals surface area contributed by atoms with Crippen molar-refractivity contribution in [1.29, 1.82) is 0 Å². The number of alkyl halides is 3. The number of hydrogen-bond donors (Lipinski definition) is 3. The van der Waals surface area contributed by atoms with E-state index in [9.17, 15) is 18.0 Å². The van der Waals surface area contributed by atoms with Crippen LogP contribution in [0.2, 0.25) is 0 Å². The molecule has 0 bridgehead atoms. The van der Waals surface area contributed by atoms with Gasteiger partial charge in [-0.25, -0.2) is 4.79 Å². The molecule has 4 nitrogen and oxygen atoms in total. The number of halogens is 3. The summed E-state index contributed by atoms with van der Waals surface area (Å²) >= 11 is 0.